The molecule has 0 saturated carbocycles. The van der Waals surface area contributed by atoms with E-state index in [0.29, 0.717) is 5.69 Å². The molecule has 2 heterocycles. The number of furan rings is 1. The van der Waals surface area contributed by atoms with Gasteiger partial charge in [0.25, 0.3) is 5.69 Å². The van der Waals surface area contributed by atoms with E-state index in [0.717, 1.165) is 17.9 Å². The van der Waals surface area contributed by atoms with Crippen LogP contribution in [-0.4, -0.2) is 10.6 Å². The summed E-state index contributed by atoms with van der Waals surface area (Å²) in [6.07, 6.45) is 2.37. The van der Waals surface area contributed by atoms with E-state index in [-0.39, 0.29) is 11.7 Å². The third-order valence-corrected chi connectivity index (χ3v) is 3.24. The van der Waals surface area contributed by atoms with Crippen LogP contribution in [0.1, 0.15) is 25.1 Å². The number of nitro groups is 1. The lowest BCUT2D eigenvalue weighted by atomic mass is 10.1. The molecule has 102 valence electrons. The molecule has 2 aromatic rings. The van der Waals surface area contributed by atoms with Gasteiger partial charge in [0.15, 0.2) is 0 Å². The first-order valence-electron chi connectivity index (χ1n) is 6.26. The van der Waals surface area contributed by atoms with Gasteiger partial charge in [-0.2, -0.15) is 5.10 Å². The van der Waals surface area contributed by atoms with Crippen molar-refractivity contribution in [3.05, 3.63) is 58.5 Å². The average Bonchev–Trinajstić information content (AvgIpc) is 3.07. The van der Waals surface area contributed by atoms with Crippen LogP contribution in [-0.2, 0) is 0 Å². The second kappa shape index (κ2) is 4.80. The SMILES string of the molecule is CC1=NN(c2cccc([N+](=O)[O-])c2)C(c2ccco2)C1. The quantitative estimate of drug-likeness (QED) is 0.632. The molecule has 3 rings (SSSR count). The Morgan fingerprint density at radius 1 is 1.40 bits per heavy atom. The van der Waals surface area contributed by atoms with Crippen molar-refractivity contribution in [3.63, 3.8) is 0 Å². The standard InChI is InChI=1S/C14H13N3O3/c1-10-8-13(14-6-3-7-20-14)16(15-10)11-4-2-5-12(9-11)17(18)19/h2-7,9,13H,8H2,1H3. The Morgan fingerprint density at radius 2 is 2.25 bits per heavy atom. The second-order valence-corrected chi connectivity index (χ2v) is 4.69. The number of benzene rings is 1. The lowest BCUT2D eigenvalue weighted by molar-refractivity contribution is -0.384. The smallest absolute Gasteiger partial charge is 0.271 e. The number of non-ortho nitro benzene ring substituents is 1. The molecule has 0 amide bonds. The zero-order valence-corrected chi connectivity index (χ0v) is 10.9. The van der Waals surface area contributed by atoms with E-state index in [1.807, 2.05) is 25.1 Å². The highest BCUT2D eigenvalue weighted by Crippen LogP contribution is 2.36. The number of nitrogens with zero attached hydrogens (tertiary/aromatic N) is 3. The Kier molecular flexibility index (Phi) is 2.98. The third-order valence-electron chi connectivity index (χ3n) is 3.24. The molecule has 1 unspecified atom stereocenters. The van der Waals surface area contributed by atoms with Crippen molar-refractivity contribution in [1.82, 2.24) is 0 Å². The monoisotopic (exact) mass is 271 g/mol. The number of rotatable bonds is 3. The van der Waals surface area contributed by atoms with Crippen LogP contribution in [0.3, 0.4) is 0 Å². The van der Waals surface area contributed by atoms with Crippen molar-refractivity contribution in [2.24, 2.45) is 5.10 Å². The van der Waals surface area contributed by atoms with E-state index >= 15 is 0 Å². The number of anilines is 1. The Balaban J connectivity index is 1.98. The van der Waals surface area contributed by atoms with Gasteiger partial charge in [0.05, 0.1) is 16.9 Å². The Hall–Kier alpha value is -2.63. The molecular formula is C14H13N3O3. The summed E-state index contributed by atoms with van der Waals surface area (Å²) in [5.74, 6) is 0.803. The fraction of sp³-hybridized carbons (Fsp3) is 0.214. The molecule has 20 heavy (non-hydrogen) atoms. The zero-order valence-electron chi connectivity index (χ0n) is 10.9. The number of hydrazone groups is 1. The van der Waals surface area contributed by atoms with E-state index in [1.165, 1.54) is 12.1 Å². The fourth-order valence-corrected chi connectivity index (χ4v) is 2.35. The van der Waals surface area contributed by atoms with E-state index in [4.69, 9.17) is 4.42 Å². The van der Waals surface area contributed by atoms with Crippen LogP contribution >= 0.6 is 0 Å². The highest BCUT2D eigenvalue weighted by atomic mass is 16.6. The summed E-state index contributed by atoms with van der Waals surface area (Å²) < 4.78 is 5.45. The van der Waals surface area contributed by atoms with Gasteiger partial charge in [-0.05, 0) is 25.1 Å². The van der Waals surface area contributed by atoms with Crippen molar-refractivity contribution in [1.29, 1.82) is 0 Å². The Labute approximate surface area is 115 Å². The maximum Gasteiger partial charge on any atom is 0.271 e. The minimum atomic E-state index is -0.405. The molecule has 0 radical (unpaired) electrons. The maximum atomic E-state index is 10.9. The molecule has 0 fully saturated rings. The molecule has 0 bridgehead atoms. The van der Waals surface area contributed by atoms with Gasteiger partial charge in [-0.3, -0.25) is 15.1 Å². The Morgan fingerprint density at radius 3 is 2.95 bits per heavy atom. The van der Waals surface area contributed by atoms with E-state index < -0.39 is 4.92 Å². The van der Waals surface area contributed by atoms with E-state index in [2.05, 4.69) is 5.10 Å². The lowest BCUT2D eigenvalue weighted by Gasteiger charge is -2.21. The topological polar surface area (TPSA) is 71.9 Å². The molecule has 1 aliphatic rings. The summed E-state index contributed by atoms with van der Waals surface area (Å²) in [7, 11) is 0. The number of hydrogen-bond donors (Lipinski definition) is 0. The van der Waals surface area contributed by atoms with Crippen LogP contribution in [0, 0.1) is 10.1 Å². The van der Waals surface area contributed by atoms with Crippen molar-refractivity contribution >= 4 is 17.1 Å². The van der Waals surface area contributed by atoms with Crippen LogP contribution in [0.25, 0.3) is 0 Å². The minimum absolute atomic E-state index is 0.0491. The van der Waals surface area contributed by atoms with Gasteiger partial charge >= 0.3 is 0 Å². The summed E-state index contributed by atoms with van der Waals surface area (Å²) in [6, 6.07) is 10.1. The van der Waals surface area contributed by atoms with Crippen LogP contribution in [0.2, 0.25) is 0 Å². The zero-order chi connectivity index (χ0) is 14.1. The van der Waals surface area contributed by atoms with Gasteiger partial charge in [0.1, 0.15) is 11.8 Å². The van der Waals surface area contributed by atoms with Crippen LogP contribution < -0.4 is 5.01 Å². The molecule has 6 heteroatoms. The van der Waals surface area contributed by atoms with Crippen LogP contribution in [0.4, 0.5) is 11.4 Å². The number of hydrogen-bond acceptors (Lipinski definition) is 5. The highest BCUT2D eigenvalue weighted by Gasteiger charge is 2.30. The maximum absolute atomic E-state index is 10.9. The van der Waals surface area contributed by atoms with Gasteiger partial charge in [0, 0.05) is 24.3 Å². The molecular weight excluding hydrogens is 258 g/mol. The average molecular weight is 271 g/mol. The molecule has 0 saturated heterocycles. The van der Waals surface area contributed by atoms with Crippen LogP contribution in [0.5, 0.6) is 0 Å². The van der Waals surface area contributed by atoms with Gasteiger partial charge in [-0.15, -0.1) is 0 Å². The molecule has 0 N–H and O–H groups in total. The van der Waals surface area contributed by atoms with Gasteiger partial charge in [-0.1, -0.05) is 6.07 Å². The summed E-state index contributed by atoms with van der Waals surface area (Å²) in [5.41, 5.74) is 1.72. The van der Waals surface area contributed by atoms with Gasteiger partial charge in [0.2, 0.25) is 0 Å². The van der Waals surface area contributed by atoms with E-state index in [1.54, 1.807) is 17.3 Å². The minimum Gasteiger partial charge on any atom is -0.467 e. The molecule has 0 spiro atoms. The summed E-state index contributed by atoms with van der Waals surface area (Å²) in [6.45, 7) is 1.94. The van der Waals surface area contributed by atoms with E-state index in [9.17, 15) is 10.1 Å². The van der Waals surface area contributed by atoms with Crippen molar-refractivity contribution in [2.45, 2.75) is 19.4 Å². The van der Waals surface area contributed by atoms with Gasteiger partial charge in [-0.25, -0.2) is 0 Å². The normalized spacial score (nSPS) is 18.1. The first kappa shape index (κ1) is 12.4. The molecule has 1 aromatic carbocycles. The van der Waals surface area contributed by atoms with Crippen molar-refractivity contribution in [3.8, 4) is 0 Å². The Bertz CT molecular complexity index is 664. The van der Waals surface area contributed by atoms with Crippen LogP contribution in [0.15, 0.2) is 52.2 Å². The largest absolute Gasteiger partial charge is 0.467 e. The fourth-order valence-electron chi connectivity index (χ4n) is 2.35. The van der Waals surface area contributed by atoms with Gasteiger partial charge < -0.3 is 4.42 Å². The summed E-state index contributed by atoms with van der Waals surface area (Å²) >= 11 is 0. The second-order valence-electron chi connectivity index (χ2n) is 4.69. The van der Waals surface area contributed by atoms with Crippen molar-refractivity contribution < 1.29 is 9.34 Å². The molecule has 1 aromatic heterocycles. The summed E-state index contributed by atoms with van der Waals surface area (Å²) in [4.78, 5) is 10.5. The molecule has 6 nitrogen and oxygen atoms in total. The molecule has 1 atom stereocenters. The molecule has 1 aliphatic heterocycles. The summed E-state index contributed by atoms with van der Waals surface area (Å²) in [5, 5.41) is 17.1. The lowest BCUT2D eigenvalue weighted by Crippen LogP contribution is -2.18. The predicted octanol–water partition coefficient (Wildman–Crippen LogP) is 3.52. The number of nitro benzene ring substituents is 1. The first-order chi connectivity index (χ1) is 9.65. The highest BCUT2D eigenvalue weighted by molar-refractivity contribution is 5.86. The van der Waals surface area contributed by atoms with Crippen molar-refractivity contribution in [2.75, 3.05) is 5.01 Å². The molecule has 0 aliphatic carbocycles. The first-order valence-corrected chi connectivity index (χ1v) is 6.26. The predicted molar refractivity (Wildman–Crippen MR) is 74.8 cm³/mol. The third kappa shape index (κ3) is 2.16.